The van der Waals surface area contributed by atoms with E-state index in [1.54, 1.807) is 18.5 Å². The first-order chi connectivity index (χ1) is 11.2. The van der Waals surface area contributed by atoms with Crippen molar-refractivity contribution in [3.8, 4) is 0 Å². The summed E-state index contributed by atoms with van der Waals surface area (Å²) in [6.07, 6.45) is 7.13. The Morgan fingerprint density at radius 3 is 2.04 bits per heavy atom. The molecule has 0 bridgehead atoms. The summed E-state index contributed by atoms with van der Waals surface area (Å²) in [7, 11) is 0. The van der Waals surface area contributed by atoms with Crippen LogP contribution in [0.4, 0.5) is 11.8 Å². The second-order valence-electron chi connectivity index (χ2n) is 4.99. The largest absolute Gasteiger partial charge is 0.368 e. The summed E-state index contributed by atoms with van der Waals surface area (Å²) in [6.45, 7) is 1.24. The number of rotatable bonds is 5. The van der Waals surface area contributed by atoms with Gasteiger partial charge in [-0.25, -0.2) is 4.98 Å². The highest BCUT2D eigenvalue weighted by Crippen LogP contribution is 2.21. The summed E-state index contributed by atoms with van der Waals surface area (Å²) in [5.41, 5.74) is 7.85. The van der Waals surface area contributed by atoms with E-state index < -0.39 is 0 Å². The van der Waals surface area contributed by atoms with Crippen LogP contribution in [0.15, 0.2) is 55.1 Å². The lowest BCUT2D eigenvalue weighted by Gasteiger charge is -2.24. The van der Waals surface area contributed by atoms with Gasteiger partial charge < -0.3 is 10.6 Å². The second kappa shape index (κ2) is 7.02. The minimum absolute atomic E-state index is 0.148. The molecule has 0 aromatic carbocycles. The number of nitrogens with two attached hydrogens (primary N) is 1. The van der Waals surface area contributed by atoms with E-state index in [9.17, 15) is 0 Å². The fourth-order valence-electron chi connectivity index (χ4n) is 2.23. The Hall–Kier alpha value is -2.73. The predicted octanol–water partition coefficient (Wildman–Crippen LogP) is 2.71. The van der Waals surface area contributed by atoms with Gasteiger partial charge in [-0.2, -0.15) is 4.98 Å². The van der Waals surface area contributed by atoms with Crippen LogP contribution < -0.4 is 10.6 Å². The summed E-state index contributed by atoms with van der Waals surface area (Å²) in [4.78, 5) is 18.6. The van der Waals surface area contributed by atoms with Crippen molar-refractivity contribution in [1.82, 2.24) is 19.9 Å². The Morgan fingerprint density at radius 1 is 0.957 bits per heavy atom. The highest BCUT2D eigenvalue weighted by molar-refractivity contribution is 6.29. The number of hydrogen-bond donors (Lipinski definition) is 1. The van der Waals surface area contributed by atoms with Gasteiger partial charge in [-0.05, 0) is 23.3 Å². The van der Waals surface area contributed by atoms with Crippen molar-refractivity contribution < 1.29 is 0 Å². The van der Waals surface area contributed by atoms with Crippen LogP contribution in [0.2, 0.25) is 5.15 Å². The Balaban J connectivity index is 1.92. The standard InChI is InChI=1S/C16H15ClN6/c17-14-7-15(22-16(18)21-14)23(10-12-3-1-5-19-8-12)11-13-4-2-6-20-9-13/h1-9H,10-11H2,(H2,18,21,22). The number of aromatic nitrogens is 4. The molecule has 0 unspecified atom stereocenters. The van der Waals surface area contributed by atoms with Gasteiger partial charge in [0.15, 0.2) is 0 Å². The molecule has 0 saturated carbocycles. The molecule has 0 aliphatic carbocycles. The molecule has 2 N–H and O–H groups in total. The number of anilines is 2. The van der Waals surface area contributed by atoms with E-state index in [-0.39, 0.29) is 5.95 Å². The molecule has 116 valence electrons. The van der Waals surface area contributed by atoms with Crippen molar-refractivity contribution in [2.75, 3.05) is 10.6 Å². The van der Waals surface area contributed by atoms with Crippen molar-refractivity contribution in [2.45, 2.75) is 13.1 Å². The molecule has 0 fully saturated rings. The molecule has 7 heteroatoms. The van der Waals surface area contributed by atoms with Crippen LogP contribution in [0.5, 0.6) is 0 Å². The highest BCUT2D eigenvalue weighted by Gasteiger charge is 2.12. The third kappa shape index (κ3) is 4.14. The first kappa shape index (κ1) is 15.2. The fourth-order valence-corrected chi connectivity index (χ4v) is 2.41. The summed E-state index contributed by atoms with van der Waals surface area (Å²) in [6, 6.07) is 9.52. The fraction of sp³-hybridized carbons (Fsp3) is 0.125. The van der Waals surface area contributed by atoms with Gasteiger partial charge in [0.2, 0.25) is 5.95 Å². The molecule has 0 aliphatic heterocycles. The molecule has 0 amide bonds. The van der Waals surface area contributed by atoms with Gasteiger partial charge in [-0.1, -0.05) is 23.7 Å². The van der Waals surface area contributed by atoms with Gasteiger partial charge in [0, 0.05) is 43.9 Å². The van der Waals surface area contributed by atoms with Crippen molar-refractivity contribution in [2.24, 2.45) is 0 Å². The van der Waals surface area contributed by atoms with Crippen molar-refractivity contribution in [3.63, 3.8) is 0 Å². The molecule has 0 radical (unpaired) electrons. The van der Waals surface area contributed by atoms with E-state index >= 15 is 0 Å². The minimum atomic E-state index is 0.148. The molecule has 0 saturated heterocycles. The summed E-state index contributed by atoms with van der Waals surface area (Å²) >= 11 is 6.02. The molecular weight excluding hydrogens is 312 g/mol. The predicted molar refractivity (Wildman–Crippen MR) is 89.8 cm³/mol. The van der Waals surface area contributed by atoms with E-state index in [0.29, 0.717) is 24.1 Å². The zero-order valence-electron chi connectivity index (χ0n) is 12.3. The maximum atomic E-state index is 6.02. The van der Waals surface area contributed by atoms with Crippen LogP contribution in [0.1, 0.15) is 11.1 Å². The van der Waals surface area contributed by atoms with Gasteiger partial charge >= 0.3 is 0 Å². The van der Waals surface area contributed by atoms with Crippen LogP contribution in [-0.2, 0) is 13.1 Å². The Kier molecular flexibility index (Phi) is 4.63. The lowest BCUT2D eigenvalue weighted by Crippen LogP contribution is -2.24. The summed E-state index contributed by atoms with van der Waals surface area (Å²) < 4.78 is 0. The molecule has 3 aromatic heterocycles. The average Bonchev–Trinajstić information content (AvgIpc) is 2.55. The monoisotopic (exact) mass is 326 g/mol. The number of pyridine rings is 2. The Labute approximate surface area is 139 Å². The average molecular weight is 327 g/mol. The van der Waals surface area contributed by atoms with Crippen molar-refractivity contribution in [3.05, 3.63) is 71.4 Å². The molecule has 3 heterocycles. The topological polar surface area (TPSA) is 80.8 Å². The highest BCUT2D eigenvalue weighted by atomic mass is 35.5. The molecule has 0 spiro atoms. The number of halogens is 1. The minimum Gasteiger partial charge on any atom is -0.368 e. The van der Waals surface area contributed by atoms with Crippen molar-refractivity contribution in [1.29, 1.82) is 0 Å². The maximum Gasteiger partial charge on any atom is 0.223 e. The van der Waals surface area contributed by atoms with E-state index in [4.69, 9.17) is 17.3 Å². The van der Waals surface area contributed by atoms with Gasteiger partial charge in [0.1, 0.15) is 11.0 Å². The smallest absolute Gasteiger partial charge is 0.223 e. The summed E-state index contributed by atoms with van der Waals surface area (Å²) in [5, 5.41) is 0.315. The van der Waals surface area contributed by atoms with Gasteiger partial charge in [-0.3, -0.25) is 9.97 Å². The lowest BCUT2D eigenvalue weighted by atomic mass is 10.2. The Bertz CT molecular complexity index is 704. The van der Waals surface area contributed by atoms with Crippen LogP contribution in [0.3, 0.4) is 0 Å². The van der Waals surface area contributed by atoms with Crippen LogP contribution in [-0.4, -0.2) is 19.9 Å². The molecule has 23 heavy (non-hydrogen) atoms. The second-order valence-corrected chi connectivity index (χ2v) is 5.37. The first-order valence-electron chi connectivity index (χ1n) is 7.03. The van der Waals surface area contributed by atoms with E-state index in [2.05, 4.69) is 24.8 Å². The third-order valence-electron chi connectivity index (χ3n) is 3.22. The number of hydrogen-bond acceptors (Lipinski definition) is 6. The zero-order chi connectivity index (χ0) is 16.1. The molecular formula is C16H15ClN6. The molecule has 0 atom stereocenters. The normalized spacial score (nSPS) is 10.5. The zero-order valence-corrected chi connectivity index (χ0v) is 13.1. The third-order valence-corrected chi connectivity index (χ3v) is 3.41. The summed E-state index contributed by atoms with van der Waals surface area (Å²) in [5.74, 6) is 0.810. The van der Waals surface area contributed by atoms with E-state index in [1.807, 2.05) is 36.7 Å². The van der Waals surface area contributed by atoms with E-state index in [0.717, 1.165) is 11.1 Å². The molecule has 3 rings (SSSR count). The van der Waals surface area contributed by atoms with Gasteiger partial charge in [0.25, 0.3) is 0 Å². The van der Waals surface area contributed by atoms with Crippen LogP contribution in [0.25, 0.3) is 0 Å². The van der Waals surface area contributed by atoms with Gasteiger partial charge in [-0.15, -0.1) is 0 Å². The van der Waals surface area contributed by atoms with Crippen LogP contribution >= 0.6 is 11.6 Å². The van der Waals surface area contributed by atoms with E-state index in [1.165, 1.54) is 0 Å². The number of nitrogen functional groups attached to an aromatic ring is 1. The van der Waals surface area contributed by atoms with Crippen molar-refractivity contribution >= 4 is 23.4 Å². The maximum absolute atomic E-state index is 6.02. The number of nitrogens with zero attached hydrogens (tertiary/aromatic N) is 5. The quantitative estimate of drug-likeness (QED) is 0.726. The first-order valence-corrected chi connectivity index (χ1v) is 7.41. The molecule has 6 nitrogen and oxygen atoms in total. The molecule has 0 aliphatic rings. The van der Waals surface area contributed by atoms with Crippen LogP contribution in [0, 0.1) is 0 Å². The SMILES string of the molecule is Nc1nc(Cl)cc(N(Cc2cccnc2)Cc2cccnc2)n1. The lowest BCUT2D eigenvalue weighted by molar-refractivity contribution is 0.776. The Morgan fingerprint density at radius 2 is 1.57 bits per heavy atom. The van der Waals surface area contributed by atoms with Gasteiger partial charge in [0.05, 0.1) is 0 Å². The molecule has 3 aromatic rings.